The van der Waals surface area contributed by atoms with E-state index in [1.807, 2.05) is 72.8 Å². The van der Waals surface area contributed by atoms with Crippen LogP contribution in [0.5, 0.6) is 23.1 Å². The van der Waals surface area contributed by atoms with Gasteiger partial charge < -0.3 is 14.2 Å². The van der Waals surface area contributed by atoms with Crippen LogP contribution >= 0.6 is 12.4 Å². The lowest BCUT2D eigenvalue weighted by atomic mass is 10.3. The molecule has 0 aliphatic heterocycles. The SMILES string of the molecule is Cl.c1ccc(Oc2ccc(OCCOc3ccccn3)cc2)cc1. The molecule has 0 saturated carbocycles. The van der Waals surface area contributed by atoms with Crippen molar-refractivity contribution in [2.75, 3.05) is 13.2 Å². The van der Waals surface area contributed by atoms with Crippen LogP contribution < -0.4 is 14.2 Å². The van der Waals surface area contributed by atoms with E-state index in [-0.39, 0.29) is 12.4 Å². The first-order valence-corrected chi connectivity index (χ1v) is 7.40. The Morgan fingerprint density at radius 3 is 1.96 bits per heavy atom. The van der Waals surface area contributed by atoms with E-state index in [2.05, 4.69) is 4.98 Å². The van der Waals surface area contributed by atoms with Crippen LogP contribution in [-0.2, 0) is 0 Å². The normalized spacial score (nSPS) is 9.67. The number of benzene rings is 2. The lowest BCUT2D eigenvalue weighted by molar-refractivity contribution is 0.212. The largest absolute Gasteiger partial charge is 0.490 e. The first-order valence-electron chi connectivity index (χ1n) is 7.40. The molecule has 1 aromatic heterocycles. The predicted octanol–water partition coefficient (Wildman–Crippen LogP) is 4.75. The van der Waals surface area contributed by atoms with Gasteiger partial charge in [-0.1, -0.05) is 24.3 Å². The number of hydrogen-bond acceptors (Lipinski definition) is 4. The molecule has 3 rings (SSSR count). The summed E-state index contributed by atoms with van der Waals surface area (Å²) in [4.78, 5) is 4.08. The van der Waals surface area contributed by atoms with Gasteiger partial charge in [0.15, 0.2) is 0 Å². The van der Waals surface area contributed by atoms with E-state index in [4.69, 9.17) is 14.2 Å². The monoisotopic (exact) mass is 343 g/mol. The molecule has 0 fully saturated rings. The molecule has 2 aromatic carbocycles. The minimum absolute atomic E-state index is 0. The Hall–Kier alpha value is -2.72. The lowest BCUT2D eigenvalue weighted by Gasteiger charge is -2.09. The number of para-hydroxylation sites is 1. The van der Waals surface area contributed by atoms with Crippen molar-refractivity contribution in [3.05, 3.63) is 79.0 Å². The van der Waals surface area contributed by atoms with Crippen molar-refractivity contribution >= 4 is 12.4 Å². The third-order valence-corrected chi connectivity index (χ3v) is 3.04. The zero-order valence-corrected chi connectivity index (χ0v) is 13.8. The van der Waals surface area contributed by atoms with Crippen molar-refractivity contribution in [2.45, 2.75) is 0 Å². The zero-order chi connectivity index (χ0) is 15.7. The average molecular weight is 344 g/mol. The number of halogens is 1. The lowest BCUT2D eigenvalue weighted by Crippen LogP contribution is -2.09. The van der Waals surface area contributed by atoms with Crippen molar-refractivity contribution in [1.29, 1.82) is 0 Å². The highest BCUT2D eigenvalue weighted by atomic mass is 35.5. The second kappa shape index (κ2) is 9.43. The molecule has 24 heavy (non-hydrogen) atoms. The van der Waals surface area contributed by atoms with E-state index in [9.17, 15) is 0 Å². The van der Waals surface area contributed by atoms with E-state index in [0.717, 1.165) is 17.2 Å². The molecular formula is C19H18ClNO3. The molecule has 0 spiro atoms. The first-order chi connectivity index (χ1) is 11.4. The number of rotatable bonds is 7. The summed E-state index contributed by atoms with van der Waals surface area (Å²) in [6, 6.07) is 22.7. The Morgan fingerprint density at radius 1 is 0.625 bits per heavy atom. The number of pyridine rings is 1. The molecule has 5 heteroatoms. The average Bonchev–Trinajstić information content (AvgIpc) is 2.62. The highest BCUT2D eigenvalue weighted by Gasteiger charge is 1.99. The van der Waals surface area contributed by atoms with Gasteiger partial charge in [-0.25, -0.2) is 4.98 Å². The molecule has 124 valence electrons. The maximum Gasteiger partial charge on any atom is 0.213 e. The highest BCUT2D eigenvalue weighted by molar-refractivity contribution is 5.85. The van der Waals surface area contributed by atoms with E-state index < -0.39 is 0 Å². The van der Waals surface area contributed by atoms with Gasteiger partial charge in [-0.05, 0) is 42.5 Å². The minimum Gasteiger partial charge on any atom is -0.490 e. The van der Waals surface area contributed by atoms with E-state index in [1.54, 1.807) is 6.20 Å². The van der Waals surface area contributed by atoms with Crippen molar-refractivity contribution in [2.24, 2.45) is 0 Å². The topological polar surface area (TPSA) is 40.6 Å². The third-order valence-electron chi connectivity index (χ3n) is 3.04. The predicted molar refractivity (Wildman–Crippen MR) is 95.4 cm³/mol. The molecule has 0 unspecified atom stereocenters. The van der Waals surface area contributed by atoms with E-state index in [0.29, 0.717) is 19.1 Å². The van der Waals surface area contributed by atoms with Crippen molar-refractivity contribution in [1.82, 2.24) is 4.98 Å². The summed E-state index contributed by atoms with van der Waals surface area (Å²) in [6.07, 6.45) is 1.70. The van der Waals surface area contributed by atoms with E-state index >= 15 is 0 Å². The molecule has 0 saturated heterocycles. The number of aromatic nitrogens is 1. The van der Waals surface area contributed by atoms with Crippen molar-refractivity contribution in [3.63, 3.8) is 0 Å². The smallest absolute Gasteiger partial charge is 0.213 e. The maximum absolute atomic E-state index is 5.73. The van der Waals surface area contributed by atoms with Crippen LogP contribution in [-0.4, -0.2) is 18.2 Å². The molecule has 0 atom stereocenters. The minimum atomic E-state index is 0. The van der Waals surface area contributed by atoms with Crippen LogP contribution in [0.15, 0.2) is 79.0 Å². The van der Waals surface area contributed by atoms with Crippen LogP contribution in [0.3, 0.4) is 0 Å². The fraction of sp³-hybridized carbons (Fsp3) is 0.105. The Labute approximate surface area is 147 Å². The highest BCUT2D eigenvalue weighted by Crippen LogP contribution is 2.23. The van der Waals surface area contributed by atoms with Gasteiger partial charge in [-0.15, -0.1) is 12.4 Å². The summed E-state index contributed by atoms with van der Waals surface area (Å²) >= 11 is 0. The molecule has 0 radical (unpaired) electrons. The van der Waals surface area contributed by atoms with Crippen LogP contribution in [0, 0.1) is 0 Å². The molecule has 1 heterocycles. The zero-order valence-electron chi connectivity index (χ0n) is 13.0. The molecule has 3 aromatic rings. The maximum atomic E-state index is 5.73. The fourth-order valence-electron chi connectivity index (χ4n) is 1.97. The summed E-state index contributed by atoms with van der Waals surface area (Å²) in [5.74, 6) is 2.95. The molecule has 0 aliphatic rings. The van der Waals surface area contributed by atoms with Gasteiger partial charge in [0.2, 0.25) is 5.88 Å². The molecule has 4 nitrogen and oxygen atoms in total. The quantitative estimate of drug-likeness (QED) is 0.580. The Morgan fingerprint density at radius 2 is 1.25 bits per heavy atom. The van der Waals surface area contributed by atoms with Crippen LogP contribution in [0.4, 0.5) is 0 Å². The summed E-state index contributed by atoms with van der Waals surface area (Å²) in [5, 5.41) is 0. The summed E-state index contributed by atoms with van der Waals surface area (Å²) in [7, 11) is 0. The Kier molecular flexibility index (Phi) is 6.92. The molecule has 0 amide bonds. The molecular weight excluding hydrogens is 326 g/mol. The van der Waals surface area contributed by atoms with Gasteiger partial charge >= 0.3 is 0 Å². The van der Waals surface area contributed by atoms with Gasteiger partial charge in [0.25, 0.3) is 0 Å². The van der Waals surface area contributed by atoms with Gasteiger partial charge in [0, 0.05) is 12.3 Å². The second-order valence-electron chi connectivity index (χ2n) is 4.75. The van der Waals surface area contributed by atoms with Gasteiger partial charge in [-0.2, -0.15) is 0 Å². The fourth-order valence-corrected chi connectivity index (χ4v) is 1.97. The van der Waals surface area contributed by atoms with E-state index in [1.165, 1.54) is 0 Å². The summed E-state index contributed by atoms with van der Waals surface area (Å²) < 4.78 is 16.8. The van der Waals surface area contributed by atoms with Crippen molar-refractivity contribution < 1.29 is 14.2 Å². The molecule has 0 aliphatic carbocycles. The molecule has 0 bridgehead atoms. The third kappa shape index (κ3) is 5.48. The van der Waals surface area contributed by atoms with Gasteiger partial charge in [0.1, 0.15) is 30.5 Å². The van der Waals surface area contributed by atoms with Crippen molar-refractivity contribution in [3.8, 4) is 23.1 Å². The second-order valence-corrected chi connectivity index (χ2v) is 4.75. The van der Waals surface area contributed by atoms with Crippen LogP contribution in [0.25, 0.3) is 0 Å². The summed E-state index contributed by atoms with van der Waals surface area (Å²) in [6.45, 7) is 0.898. The first kappa shape index (κ1) is 17.6. The number of ether oxygens (including phenoxy) is 3. The standard InChI is InChI=1S/C19H17NO3.ClH/c1-2-6-17(7-3-1)23-18-11-9-16(10-12-18)21-14-15-22-19-8-4-5-13-20-19;/h1-13H,14-15H2;1H. The van der Waals surface area contributed by atoms with Crippen LogP contribution in [0.1, 0.15) is 0 Å². The Balaban J connectivity index is 0.00000208. The number of hydrogen-bond donors (Lipinski definition) is 0. The van der Waals surface area contributed by atoms with Gasteiger partial charge in [0.05, 0.1) is 0 Å². The van der Waals surface area contributed by atoms with Gasteiger partial charge in [-0.3, -0.25) is 0 Å². The van der Waals surface area contributed by atoms with Crippen LogP contribution in [0.2, 0.25) is 0 Å². The summed E-state index contributed by atoms with van der Waals surface area (Å²) in [5.41, 5.74) is 0. The Bertz CT molecular complexity index is 706. The number of nitrogens with zero attached hydrogens (tertiary/aromatic N) is 1. The molecule has 0 N–H and O–H groups in total.